The number of nitrogens with one attached hydrogen (secondary N) is 1. The molecule has 1 fully saturated rings. The van der Waals surface area contributed by atoms with Crippen LogP contribution in [-0.4, -0.2) is 45.6 Å². The third-order valence-corrected chi connectivity index (χ3v) is 4.03. The Morgan fingerprint density at radius 2 is 1.87 bits per heavy atom. The van der Waals surface area contributed by atoms with Crippen molar-refractivity contribution in [1.29, 1.82) is 0 Å². The van der Waals surface area contributed by atoms with Gasteiger partial charge in [0.05, 0.1) is 32.9 Å². The molecule has 0 radical (unpaired) electrons. The van der Waals surface area contributed by atoms with Gasteiger partial charge in [-0.1, -0.05) is 0 Å². The first-order chi connectivity index (χ1) is 11.0. The van der Waals surface area contributed by atoms with E-state index in [9.17, 15) is 9.59 Å². The van der Waals surface area contributed by atoms with E-state index in [2.05, 4.69) is 5.32 Å². The fourth-order valence-electron chi connectivity index (χ4n) is 2.80. The molecule has 0 aromatic heterocycles. The van der Waals surface area contributed by atoms with Crippen LogP contribution in [0.4, 0.5) is 0 Å². The van der Waals surface area contributed by atoms with Crippen molar-refractivity contribution in [1.82, 2.24) is 5.32 Å². The summed E-state index contributed by atoms with van der Waals surface area (Å²) in [5, 5.41) is 2.71. The summed E-state index contributed by atoms with van der Waals surface area (Å²) < 4.78 is 15.9. The van der Waals surface area contributed by atoms with E-state index in [0.29, 0.717) is 36.4 Å². The van der Waals surface area contributed by atoms with Crippen molar-refractivity contribution >= 4 is 11.7 Å². The molecule has 1 aliphatic heterocycles. The van der Waals surface area contributed by atoms with Crippen LogP contribution in [0.5, 0.6) is 17.2 Å². The van der Waals surface area contributed by atoms with E-state index in [-0.39, 0.29) is 17.4 Å². The van der Waals surface area contributed by atoms with Gasteiger partial charge in [0.1, 0.15) is 0 Å². The normalized spacial score (nSPS) is 21.1. The summed E-state index contributed by atoms with van der Waals surface area (Å²) >= 11 is 0. The third-order valence-electron chi connectivity index (χ3n) is 4.03. The molecule has 1 saturated heterocycles. The standard InChI is InChI=1S/C16H22N2O5/c1-21-11-7-6-10(14(22-2)15(11)23-3)13(19)9-5-4-8-18-16(20)12(9)17/h6-7,9,12H,4-5,8,17H2,1-3H3,(H,18,20). The molecular weight excluding hydrogens is 300 g/mol. The van der Waals surface area contributed by atoms with Gasteiger partial charge < -0.3 is 25.3 Å². The lowest BCUT2D eigenvalue weighted by Crippen LogP contribution is -2.46. The van der Waals surface area contributed by atoms with E-state index in [1.165, 1.54) is 21.3 Å². The van der Waals surface area contributed by atoms with Gasteiger partial charge in [-0.15, -0.1) is 0 Å². The van der Waals surface area contributed by atoms with Crippen LogP contribution in [-0.2, 0) is 4.79 Å². The zero-order chi connectivity index (χ0) is 17.0. The van der Waals surface area contributed by atoms with Crippen LogP contribution in [0.15, 0.2) is 12.1 Å². The van der Waals surface area contributed by atoms with Crippen LogP contribution in [0.2, 0.25) is 0 Å². The Hall–Kier alpha value is -2.28. The number of carbonyl (C=O) groups excluding carboxylic acids is 2. The smallest absolute Gasteiger partial charge is 0.237 e. The maximum absolute atomic E-state index is 12.9. The van der Waals surface area contributed by atoms with Gasteiger partial charge in [-0.2, -0.15) is 0 Å². The van der Waals surface area contributed by atoms with E-state index in [0.717, 1.165) is 0 Å². The van der Waals surface area contributed by atoms with E-state index >= 15 is 0 Å². The Kier molecular flexibility index (Phi) is 5.44. The average Bonchev–Trinajstić information content (AvgIpc) is 2.74. The predicted octanol–water partition coefficient (Wildman–Crippen LogP) is 0.749. The maximum Gasteiger partial charge on any atom is 0.237 e. The number of hydrogen-bond acceptors (Lipinski definition) is 6. The molecule has 7 heteroatoms. The second-order valence-corrected chi connectivity index (χ2v) is 5.31. The van der Waals surface area contributed by atoms with E-state index in [1.54, 1.807) is 12.1 Å². The number of ketones is 1. The second kappa shape index (κ2) is 7.32. The van der Waals surface area contributed by atoms with Crippen molar-refractivity contribution in [2.75, 3.05) is 27.9 Å². The number of ether oxygens (including phenoxy) is 3. The Morgan fingerprint density at radius 3 is 2.48 bits per heavy atom. The predicted molar refractivity (Wildman–Crippen MR) is 84.1 cm³/mol. The Morgan fingerprint density at radius 1 is 1.17 bits per heavy atom. The number of Topliss-reactive ketones (excluding diaryl/α,β-unsaturated/α-hetero) is 1. The van der Waals surface area contributed by atoms with Gasteiger partial charge in [0.2, 0.25) is 11.7 Å². The molecule has 7 nitrogen and oxygen atoms in total. The van der Waals surface area contributed by atoms with Gasteiger partial charge in [0.15, 0.2) is 17.3 Å². The molecule has 0 spiro atoms. The molecule has 23 heavy (non-hydrogen) atoms. The lowest BCUT2D eigenvalue weighted by Gasteiger charge is -2.21. The molecule has 1 amide bonds. The summed E-state index contributed by atoms with van der Waals surface area (Å²) in [5.74, 6) is -0.0397. The molecule has 1 heterocycles. The van der Waals surface area contributed by atoms with Crippen LogP contribution in [0.1, 0.15) is 23.2 Å². The van der Waals surface area contributed by atoms with Crippen LogP contribution >= 0.6 is 0 Å². The average molecular weight is 322 g/mol. The molecule has 0 bridgehead atoms. The van der Waals surface area contributed by atoms with Crippen molar-refractivity contribution in [3.63, 3.8) is 0 Å². The second-order valence-electron chi connectivity index (χ2n) is 5.31. The monoisotopic (exact) mass is 322 g/mol. The molecule has 1 aliphatic rings. The lowest BCUT2D eigenvalue weighted by molar-refractivity contribution is -0.122. The summed E-state index contributed by atoms with van der Waals surface area (Å²) in [7, 11) is 4.43. The highest BCUT2D eigenvalue weighted by atomic mass is 16.5. The summed E-state index contributed by atoms with van der Waals surface area (Å²) in [6, 6.07) is 2.37. The maximum atomic E-state index is 12.9. The first-order valence-electron chi connectivity index (χ1n) is 7.41. The van der Waals surface area contributed by atoms with Crippen LogP contribution in [0.3, 0.4) is 0 Å². The molecule has 2 rings (SSSR count). The molecule has 1 aromatic carbocycles. The van der Waals surface area contributed by atoms with Gasteiger partial charge >= 0.3 is 0 Å². The summed E-state index contributed by atoms with van der Waals surface area (Å²) in [6.07, 6.45) is 1.24. The van der Waals surface area contributed by atoms with Gasteiger partial charge in [0, 0.05) is 12.5 Å². The van der Waals surface area contributed by atoms with Crippen molar-refractivity contribution in [3.05, 3.63) is 17.7 Å². The zero-order valence-corrected chi connectivity index (χ0v) is 13.5. The fraction of sp³-hybridized carbons (Fsp3) is 0.500. The minimum absolute atomic E-state index is 0.229. The molecule has 2 unspecified atom stereocenters. The Balaban J connectivity index is 2.44. The molecular formula is C16H22N2O5. The molecule has 1 aromatic rings. The number of benzene rings is 1. The zero-order valence-electron chi connectivity index (χ0n) is 13.5. The number of rotatable bonds is 5. The van der Waals surface area contributed by atoms with E-state index in [1.807, 2.05) is 0 Å². The van der Waals surface area contributed by atoms with Crippen molar-refractivity contribution in [3.8, 4) is 17.2 Å². The van der Waals surface area contributed by atoms with Crippen LogP contribution in [0, 0.1) is 5.92 Å². The summed E-state index contributed by atoms with van der Waals surface area (Å²) in [4.78, 5) is 24.8. The minimum atomic E-state index is -0.872. The lowest BCUT2D eigenvalue weighted by atomic mass is 9.87. The van der Waals surface area contributed by atoms with Gasteiger partial charge in [-0.05, 0) is 25.0 Å². The molecule has 3 N–H and O–H groups in total. The minimum Gasteiger partial charge on any atom is -0.493 e. The molecule has 0 saturated carbocycles. The summed E-state index contributed by atoms with van der Waals surface area (Å²) in [6.45, 7) is 0.527. The van der Waals surface area contributed by atoms with Gasteiger partial charge in [0.25, 0.3) is 0 Å². The molecule has 126 valence electrons. The largest absolute Gasteiger partial charge is 0.493 e. The van der Waals surface area contributed by atoms with Crippen LogP contribution in [0.25, 0.3) is 0 Å². The quantitative estimate of drug-likeness (QED) is 0.776. The molecule has 2 atom stereocenters. The van der Waals surface area contributed by atoms with Gasteiger partial charge in [-0.3, -0.25) is 9.59 Å². The Bertz CT molecular complexity index is 602. The first-order valence-corrected chi connectivity index (χ1v) is 7.41. The highest BCUT2D eigenvalue weighted by Crippen LogP contribution is 2.41. The first kappa shape index (κ1) is 17.1. The van der Waals surface area contributed by atoms with Gasteiger partial charge in [-0.25, -0.2) is 0 Å². The Labute approximate surface area is 135 Å². The molecule has 0 aliphatic carbocycles. The topological polar surface area (TPSA) is 99.9 Å². The third kappa shape index (κ3) is 3.24. The van der Waals surface area contributed by atoms with Crippen molar-refractivity contribution in [2.24, 2.45) is 11.7 Å². The van der Waals surface area contributed by atoms with Crippen LogP contribution < -0.4 is 25.3 Å². The van der Waals surface area contributed by atoms with E-state index < -0.39 is 12.0 Å². The number of hydrogen-bond donors (Lipinski definition) is 2. The fourth-order valence-corrected chi connectivity index (χ4v) is 2.80. The highest BCUT2D eigenvalue weighted by Gasteiger charge is 2.35. The summed E-state index contributed by atoms with van der Waals surface area (Å²) in [5.41, 5.74) is 6.28. The number of methoxy groups -OCH3 is 3. The number of nitrogens with two attached hydrogens (primary N) is 1. The number of carbonyl (C=O) groups is 2. The van der Waals surface area contributed by atoms with Crippen molar-refractivity contribution in [2.45, 2.75) is 18.9 Å². The SMILES string of the molecule is COc1ccc(C(=O)C2CCCNC(=O)C2N)c(OC)c1OC. The highest BCUT2D eigenvalue weighted by molar-refractivity contribution is 6.04. The van der Waals surface area contributed by atoms with Crippen molar-refractivity contribution < 1.29 is 23.8 Å². The number of amides is 1. The van der Waals surface area contributed by atoms with E-state index in [4.69, 9.17) is 19.9 Å².